The summed E-state index contributed by atoms with van der Waals surface area (Å²) in [7, 11) is 0. The molecule has 0 saturated heterocycles. The Balaban J connectivity index is -0.0000000133. The average molecular weight is 104 g/mol. The van der Waals surface area contributed by atoms with Crippen molar-refractivity contribution in [1.29, 1.82) is 0 Å². The lowest BCUT2D eigenvalue weighted by atomic mass is 13.6. The highest BCUT2D eigenvalue weighted by Crippen LogP contribution is 0.711. The Morgan fingerprint density at radius 1 is 1.00 bits per heavy atom. The van der Waals surface area contributed by atoms with Gasteiger partial charge in [-0.05, 0) is 0 Å². The molecule has 0 rings (SSSR count). The van der Waals surface area contributed by atoms with Crippen molar-refractivity contribution in [2.45, 2.75) is 0 Å². The Morgan fingerprint density at radius 2 is 1.00 bits per heavy atom. The van der Waals surface area contributed by atoms with Gasteiger partial charge in [0.25, 0.3) is 0 Å². The van der Waals surface area contributed by atoms with Gasteiger partial charge in [0.05, 0.1) is 0 Å². The summed E-state index contributed by atoms with van der Waals surface area (Å²) >= 11 is 0. The number of nitrogens with two attached hydrogens (primary N) is 1. The fraction of sp³-hybridized carbons (Fsp3) is 0. The smallest absolute Gasteiger partial charge is 0.147 e. The first-order chi connectivity index (χ1) is 2.00. The predicted molar refractivity (Wildman–Crippen MR) is 18.5 cm³/mol. The maximum atomic E-state index is 6.50. The van der Waals surface area contributed by atoms with Crippen molar-refractivity contribution in [3.63, 3.8) is 0 Å². The standard InChI is InChI=1S/ClH.H3NO.H2O2/c;2*1-2/h1H;2H,1H2;1-2H. The van der Waals surface area contributed by atoms with Gasteiger partial charge in [0, 0.05) is 0 Å². The van der Waals surface area contributed by atoms with Crippen LogP contribution in [0.5, 0.6) is 0 Å². The molecule has 0 unspecified atom stereocenters. The lowest BCUT2D eigenvalue weighted by Crippen LogP contribution is -1.72. The topological polar surface area (TPSA) is 86.7 Å². The van der Waals surface area contributed by atoms with E-state index in [0.717, 1.165) is 0 Å². The molecule has 0 aromatic rings. The minimum atomic E-state index is 0. The third kappa shape index (κ3) is 1110. The van der Waals surface area contributed by atoms with Crippen molar-refractivity contribution in [3.8, 4) is 0 Å². The summed E-state index contributed by atoms with van der Waals surface area (Å²) in [5, 5.41) is 18.5. The largest absolute Gasteiger partial charge is 0.320 e. The van der Waals surface area contributed by atoms with Crippen LogP contribution in [0.3, 0.4) is 0 Å². The Kier molecular flexibility index (Phi) is 9240. The molecule has 0 aliphatic carbocycles. The molecule has 0 radical (unpaired) electrons. The summed E-state index contributed by atoms with van der Waals surface area (Å²) in [5.74, 6) is 3.50. The van der Waals surface area contributed by atoms with Crippen LogP contribution in [0, 0.1) is 0 Å². The molecule has 0 spiro atoms. The second-order valence-corrected chi connectivity index (χ2v) is 0. The van der Waals surface area contributed by atoms with E-state index in [1.54, 1.807) is 0 Å². The van der Waals surface area contributed by atoms with Gasteiger partial charge in [0.2, 0.25) is 0 Å². The van der Waals surface area contributed by atoms with E-state index < -0.39 is 0 Å². The van der Waals surface area contributed by atoms with Gasteiger partial charge in [-0.15, -0.1) is 12.4 Å². The van der Waals surface area contributed by atoms with E-state index in [2.05, 4.69) is 5.90 Å². The Labute approximate surface area is 35.1 Å². The maximum Gasteiger partial charge on any atom is -0.147 e. The molecule has 5 heavy (non-hydrogen) atoms. The van der Waals surface area contributed by atoms with E-state index in [1.165, 1.54) is 0 Å². The molecule has 5 heteroatoms. The van der Waals surface area contributed by atoms with Crippen molar-refractivity contribution in [2.24, 2.45) is 5.90 Å². The van der Waals surface area contributed by atoms with Gasteiger partial charge in [-0.3, -0.25) is 10.5 Å². The maximum absolute atomic E-state index is 6.50. The summed E-state index contributed by atoms with van der Waals surface area (Å²) in [6.45, 7) is 0. The lowest BCUT2D eigenvalue weighted by molar-refractivity contribution is -0.176. The first kappa shape index (κ1) is 19.3. The molecule has 0 aliphatic rings. The molecule has 0 aromatic carbocycles. The van der Waals surface area contributed by atoms with Gasteiger partial charge in [-0.25, -0.2) is 5.90 Å². The molecule has 0 bridgehead atoms. The van der Waals surface area contributed by atoms with E-state index >= 15 is 0 Å². The van der Waals surface area contributed by atoms with E-state index in [4.69, 9.17) is 15.7 Å². The minimum Gasteiger partial charge on any atom is -0.320 e. The van der Waals surface area contributed by atoms with Crippen LogP contribution in [0.1, 0.15) is 0 Å². The first-order valence-corrected chi connectivity index (χ1v) is 0.458. The van der Waals surface area contributed by atoms with Crippen LogP contribution < -0.4 is 5.90 Å². The Morgan fingerprint density at radius 3 is 1.00 bits per heavy atom. The van der Waals surface area contributed by atoms with Gasteiger partial charge >= 0.3 is 0 Å². The molecule has 4 nitrogen and oxygen atoms in total. The van der Waals surface area contributed by atoms with E-state index in [1.807, 2.05) is 0 Å². The van der Waals surface area contributed by atoms with Crippen molar-refractivity contribution in [1.82, 2.24) is 0 Å². The fourth-order valence-electron chi connectivity index (χ4n) is 0. The zero-order valence-corrected chi connectivity index (χ0v) is 3.14. The molecule has 0 heterocycles. The Hall–Kier alpha value is 0.130. The van der Waals surface area contributed by atoms with Crippen LogP contribution in [-0.4, -0.2) is 15.7 Å². The van der Waals surface area contributed by atoms with Crippen LogP contribution in [0.4, 0.5) is 0 Å². The summed E-state index contributed by atoms with van der Waals surface area (Å²) in [6, 6.07) is 0. The van der Waals surface area contributed by atoms with Crippen LogP contribution in [-0.2, 0) is 0 Å². The molecular formula is H6ClNO3. The van der Waals surface area contributed by atoms with E-state index in [-0.39, 0.29) is 12.4 Å². The van der Waals surface area contributed by atoms with Gasteiger partial charge in [0.15, 0.2) is 0 Å². The normalized spacial score (nSPS) is 2.40. The molecule has 0 amide bonds. The second-order valence-electron chi connectivity index (χ2n) is 0. The molecule has 0 saturated carbocycles. The van der Waals surface area contributed by atoms with Gasteiger partial charge in [-0.2, -0.15) is 0 Å². The number of halogens is 1. The Bertz CT molecular complexity index is 6.85. The van der Waals surface area contributed by atoms with Crippen molar-refractivity contribution >= 4 is 12.4 Å². The fourth-order valence-corrected chi connectivity index (χ4v) is 0. The highest BCUT2D eigenvalue weighted by molar-refractivity contribution is 5.85. The van der Waals surface area contributed by atoms with Crippen LogP contribution in [0.2, 0.25) is 0 Å². The van der Waals surface area contributed by atoms with Crippen LogP contribution in [0.15, 0.2) is 0 Å². The van der Waals surface area contributed by atoms with Crippen LogP contribution in [0.25, 0.3) is 0 Å². The predicted octanol–water partition coefficient (Wildman–Crippen LogP) is -0.227. The van der Waals surface area contributed by atoms with Gasteiger partial charge in [0.1, 0.15) is 0 Å². The molecule has 36 valence electrons. The third-order valence-corrected chi connectivity index (χ3v) is 0. The van der Waals surface area contributed by atoms with Crippen molar-refractivity contribution in [3.05, 3.63) is 0 Å². The van der Waals surface area contributed by atoms with E-state index in [0.29, 0.717) is 0 Å². The highest BCUT2D eigenvalue weighted by atomic mass is 35.5. The summed E-state index contributed by atoms with van der Waals surface area (Å²) in [5.41, 5.74) is 0. The number of rotatable bonds is 0. The number of hydrogen-bond acceptors (Lipinski definition) is 4. The molecule has 0 aromatic heterocycles. The molecular weight excluding hydrogens is 97.5 g/mol. The van der Waals surface area contributed by atoms with Crippen molar-refractivity contribution < 1.29 is 15.7 Å². The van der Waals surface area contributed by atoms with Gasteiger partial charge in [-0.1, -0.05) is 0 Å². The average Bonchev–Trinajstić information content (AvgIpc) is 1.50. The molecule has 5 N–H and O–H groups in total. The minimum absolute atomic E-state index is 0. The summed E-state index contributed by atoms with van der Waals surface area (Å²) < 4.78 is 0. The quantitative estimate of drug-likeness (QED) is 0.252. The molecule has 0 aliphatic heterocycles. The zero-order valence-electron chi connectivity index (χ0n) is 2.33. The summed E-state index contributed by atoms with van der Waals surface area (Å²) in [6.07, 6.45) is 0. The lowest BCUT2D eigenvalue weighted by Gasteiger charge is -1.27. The molecule has 0 fully saturated rings. The van der Waals surface area contributed by atoms with Gasteiger partial charge < -0.3 is 5.21 Å². The number of hydrogen-bond donors (Lipinski definition) is 4. The zero-order chi connectivity index (χ0) is 4.00. The molecule has 0 atom stereocenters. The van der Waals surface area contributed by atoms with Crippen molar-refractivity contribution in [2.75, 3.05) is 0 Å². The SMILES string of the molecule is Cl.NO.OO. The first-order valence-electron chi connectivity index (χ1n) is 0.458. The highest BCUT2D eigenvalue weighted by Gasteiger charge is 0.746. The monoisotopic (exact) mass is 103 g/mol. The summed E-state index contributed by atoms with van der Waals surface area (Å²) in [4.78, 5) is 0. The second kappa shape index (κ2) is 2390. The third-order valence-electron chi connectivity index (χ3n) is 0. The van der Waals surface area contributed by atoms with E-state index in [9.17, 15) is 0 Å². The van der Waals surface area contributed by atoms with Crippen LogP contribution >= 0.6 is 12.4 Å².